The zero-order chi connectivity index (χ0) is 13.0. The summed E-state index contributed by atoms with van der Waals surface area (Å²) in [6.07, 6.45) is 4.50. The number of hydrogen-bond donors (Lipinski definition) is 2. The van der Waals surface area contributed by atoms with Crippen molar-refractivity contribution in [3.05, 3.63) is 23.5 Å². The molecular formula is C12H18N4OS. The molecule has 0 spiro atoms. The number of nitrogens with one attached hydrogen (secondary N) is 2. The van der Waals surface area contributed by atoms with E-state index in [0.717, 1.165) is 10.7 Å². The van der Waals surface area contributed by atoms with E-state index in [1.807, 2.05) is 36.0 Å². The Hall–Kier alpha value is -1.40. The highest BCUT2D eigenvalue weighted by molar-refractivity contribution is 7.15. The predicted octanol–water partition coefficient (Wildman–Crippen LogP) is 1.40. The lowest BCUT2D eigenvalue weighted by Crippen LogP contribution is -2.32. The molecule has 0 aliphatic heterocycles. The van der Waals surface area contributed by atoms with Crippen molar-refractivity contribution in [2.24, 2.45) is 0 Å². The third-order valence-corrected chi connectivity index (χ3v) is 3.20. The van der Waals surface area contributed by atoms with Crippen LogP contribution in [0.5, 0.6) is 0 Å². The third-order valence-electron chi connectivity index (χ3n) is 2.43. The first-order valence-corrected chi connectivity index (χ1v) is 6.94. The lowest BCUT2D eigenvalue weighted by Gasteiger charge is -2.08. The SMILES string of the molecule is CC(C)NC(=O)CCNCc1cn2ccsc2n1. The summed E-state index contributed by atoms with van der Waals surface area (Å²) in [6.45, 7) is 5.29. The molecule has 2 N–H and O–H groups in total. The Morgan fingerprint density at radius 1 is 1.56 bits per heavy atom. The van der Waals surface area contributed by atoms with Crippen LogP contribution in [-0.2, 0) is 11.3 Å². The third kappa shape index (κ3) is 3.54. The summed E-state index contributed by atoms with van der Waals surface area (Å²) in [7, 11) is 0. The molecule has 18 heavy (non-hydrogen) atoms. The molecule has 0 aliphatic carbocycles. The van der Waals surface area contributed by atoms with Crippen LogP contribution >= 0.6 is 11.3 Å². The van der Waals surface area contributed by atoms with Gasteiger partial charge >= 0.3 is 0 Å². The number of carbonyl (C=O) groups is 1. The van der Waals surface area contributed by atoms with Crippen LogP contribution in [0, 0.1) is 0 Å². The van der Waals surface area contributed by atoms with Crippen molar-refractivity contribution in [2.45, 2.75) is 32.9 Å². The van der Waals surface area contributed by atoms with Gasteiger partial charge in [-0.1, -0.05) is 0 Å². The Morgan fingerprint density at radius 2 is 2.39 bits per heavy atom. The van der Waals surface area contributed by atoms with Crippen molar-refractivity contribution in [1.29, 1.82) is 0 Å². The van der Waals surface area contributed by atoms with Gasteiger partial charge in [0, 0.05) is 43.3 Å². The van der Waals surface area contributed by atoms with E-state index in [2.05, 4.69) is 15.6 Å². The number of amides is 1. The van der Waals surface area contributed by atoms with Crippen LogP contribution in [0.2, 0.25) is 0 Å². The maximum absolute atomic E-state index is 11.4. The van der Waals surface area contributed by atoms with Crippen molar-refractivity contribution < 1.29 is 4.79 Å². The van der Waals surface area contributed by atoms with Gasteiger partial charge in [-0.05, 0) is 13.8 Å². The van der Waals surface area contributed by atoms with Crippen molar-refractivity contribution in [2.75, 3.05) is 6.54 Å². The standard InChI is InChI=1S/C12H18N4OS/c1-9(2)14-11(17)3-4-13-7-10-8-16-5-6-18-12(16)15-10/h5-6,8-9,13H,3-4,7H2,1-2H3,(H,14,17). The van der Waals surface area contributed by atoms with Crippen LogP contribution in [0.25, 0.3) is 4.96 Å². The first-order valence-electron chi connectivity index (χ1n) is 6.06. The largest absolute Gasteiger partial charge is 0.354 e. The summed E-state index contributed by atoms with van der Waals surface area (Å²) in [5.41, 5.74) is 1.01. The molecule has 5 nitrogen and oxygen atoms in total. The fraction of sp³-hybridized carbons (Fsp3) is 0.500. The van der Waals surface area contributed by atoms with Crippen LogP contribution in [-0.4, -0.2) is 27.9 Å². The summed E-state index contributed by atoms with van der Waals surface area (Å²) >= 11 is 1.62. The number of fused-ring (bicyclic) bond motifs is 1. The monoisotopic (exact) mass is 266 g/mol. The van der Waals surface area contributed by atoms with Crippen LogP contribution in [0.3, 0.4) is 0 Å². The Morgan fingerprint density at radius 3 is 3.11 bits per heavy atom. The van der Waals surface area contributed by atoms with Gasteiger partial charge in [0.25, 0.3) is 0 Å². The lowest BCUT2D eigenvalue weighted by atomic mass is 10.3. The minimum absolute atomic E-state index is 0.0864. The maximum atomic E-state index is 11.4. The van der Waals surface area contributed by atoms with Gasteiger partial charge in [-0.3, -0.25) is 9.20 Å². The molecule has 2 rings (SSSR count). The molecular weight excluding hydrogens is 248 g/mol. The maximum Gasteiger partial charge on any atom is 0.221 e. The molecule has 2 heterocycles. The zero-order valence-corrected chi connectivity index (χ0v) is 11.5. The summed E-state index contributed by atoms with van der Waals surface area (Å²) in [5.74, 6) is 0.0864. The highest BCUT2D eigenvalue weighted by atomic mass is 32.1. The summed E-state index contributed by atoms with van der Waals surface area (Å²) in [6, 6.07) is 0.206. The molecule has 98 valence electrons. The molecule has 0 fully saturated rings. The summed E-state index contributed by atoms with van der Waals surface area (Å²) in [5, 5.41) is 8.10. The van der Waals surface area contributed by atoms with Gasteiger partial charge in [0.05, 0.1) is 5.69 Å². The minimum atomic E-state index is 0.0864. The van der Waals surface area contributed by atoms with Crippen molar-refractivity contribution in [1.82, 2.24) is 20.0 Å². The minimum Gasteiger partial charge on any atom is -0.354 e. The van der Waals surface area contributed by atoms with Crippen molar-refractivity contribution >= 4 is 22.2 Å². The summed E-state index contributed by atoms with van der Waals surface area (Å²) < 4.78 is 2.01. The van der Waals surface area contributed by atoms with Gasteiger partial charge in [0.2, 0.25) is 5.91 Å². The molecule has 6 heteroatoms. The fourth-order valence-electron chi connectivity index (χ4n) is 1.67. The highest BCUT2D eigenvalue weighted by Crippen LogP contribution is 2.10. The molecule has 2 aromatic rings. The second kappa shape index (κ2) is 5.97. The van der Waals surface area contributed by atoms with Crippen LogP contribution in [0.1, 0.15) is 26.0 Å². The van der Waals surface area contributed by atoms with Crippen molar-refractivity contribution in [3.63, 3.8) is 0 Å². The number of thiazole rings is 1. The van der Waals surface area contributed by atoms with E-state index in [-0.39, 0.29) is 11.9 Å². The second-order valence-corrected chi connectivity index (χ2v) is 5.35. The van der Waals surface area contributed by atoms with Crippen LogP contribution in [0.15, 0.2) is 17.8 Å². The average Bonchev–Trinajstić information content (AvgIpc) is 2.83. The molecule has 0 aliphatic rings. The normalized spacial score (nSPS) is 11.3. The Bertz CT molecular complexity index is 488. The second-order valence-electron chi connectivity index (χ2n) is 4.47. The highest BCUT2D eigenvalue weighted by Gasteiger charge is 2.04. The van der Waals surface area contributed by atoms with E-state index in [1.165, 1.54) is 0 Å². The Balaban J connectivity index is 1.69. The number of imidazole rings is 1. The predicted molar refractivity (Wildman–Crippen MR) is 72.7 cm³/mol. The zero-order valence-electron chi connectivity index (χ0n) is 10.6. The first kappa shape index (κ1) is 13.0. The Kier molecular flexibility index (Phi) is 4.33. The quantitative estimate of drug-likeness (QED) is 0.777. The van der Waals surface area contributed by atoms with E-state index in [0.29, 0.717) is 19.5 Å². The van der Waals surface area contributed by atoms with E-state index in [9.17, 15) is 4.79 Å². The number of nitrogens with zero attached hydrogens (tertiary/aromatic N) is 2. The number of rotatable bonds is 6. The molecule has 0 radical (unpaired) electrons. The van der Waals surface area contributed by atoms with E-state index < -0.39 is 0 Å². The molecule has 0 bridgehead atoms. The molecule has 0 aromatic carbocycles. The molecule has 0 saturated heterocycles. The molecule has 1 amide bonds. The first-order chi connectivity index (χ1) is 8.65. The molecule has 0 atom stereocenters. The fourth-order valence-corrected chi connectivity index (χ4v) is 2.39. The number of aromatic nitrogens is 2. The lowest BCUT2D eigenvalue weighted by molar-refractivity contribution is -0.121. The molecule has 2 aromatic heterocycles. The van der Waals surface area contributed by atoms with Gasteiger partial charge in [0.15, 0.2) is 4.96 Å². The van der Waals surface area contributed by atoms with Gasteiger partial charge in [-0.25, -0.2) is 4.98 Å². The van der Waals surface area contributed by atoms with E-state index >= 15 is 0 Å². The van der Waals surface area contributed by atoms with Crippen molar-refractivity contribution in [3.8, 4) is 0 Å². The van der Waals surface area contributed by atoms with E-state index in [1.54, 1.807) is 11.3 Å². The van der Waals surface area contributed by atoms with Gasteiger partial charge < -0.3 is 10.6 Å². The van der Waals surface area contributed by atoms with Crippen LogP contribution in [0.4, 0.5) is 0 Å². The number of hydrogen-bond acceptors (Lipinski definition) is 4. The summed E-state index contributed by atoms with van der Waals surface area (Å²) in [4.78, 5) is 16.9. The smallest absolute Gasteiger partial charge is 0.221 e. The van der Waals surface area contributed by atoms with Crippen LogP contribution < -0.4 is 10.6 Å². The number of carbonyl (C=O) groups excluding carboxylic acids is 1. The van der Waals surface area contributed by atoms with Gasteiger partial charge in [0.1, 0.15) is 0 Å². The Labute approximate surface area is 110 Å². The van der Waals surface area contributed by atoms with Gasteiger partial charge in [-0.15, -0.1) is 11.3 Å². The van der Waals surface area contributed by atoms with Gasteiger partial charge in [-0.2, -0.15) is 0 Å². The topological polar surface area (TPSA) is 58.4 Å². The van der Waals surface area contributed by atoms with E-state index in [4.69, 9.17) is 0 Å². The molecule has 0 unspecified atom stereocenters. The average molecular weight is 266 g/mol. The molecule has 0 saturated carbocycles.